The summed E-state index contributed by atoms with van der Waals surface area (Å²) in [6.07, 6.45) is -0.0508. The number of rotatable bonds is 3. The third kappa shape index (κ3) is 3.38. The van der Waals surface area contributed by atoms with Gasteiger partial charge in [-0.1, -0.05) is 36.4 Å². The standard InChI is InChI=1S/C24H23F3N2O/c25-24(26,27)21-7-3-1-5-16(21)18-13-19(18)23(30)29-11-9-15(10-12-29)20-14-28-22-8-4-2-6-17(20)22/h1-8,14-15,18-19,28H,9-13H2. The van der Waals surface area contributed by atoms with Gasteiger partial charge in [0, 0.05) is 36.1 Å². The Bertz CT molecular complexity index is 1080. The first-order chi connectivity index (χ1) is 14.4. The van der Waals surface area contributed by atoms with Crippen molar-refractivity contribution in [1.29, 1.82) is 0 Å². The van der Waals surface area contributed by atoms with Gasteiger partial charge in [0.25, 0.3) is 0 Å². The van der Waals surface area contributed by atoms with Crippen molar-refractivity contribution in [2.75, 3.05) is 13.1 Å². The summed E-state index contributed by atoms with van der Waals surface area (Å²) in [5.41, 5.74) is 2.07. The number of hydrogen-bond donors (Lipinski definition) is 1. The van der Waals surface area contributed by atoms with E-state index in [0.717, 1.165) is 24.4 Å². The number of fused-ring (bicyclic) bond motifs is 1. The smallest absolute Gasteiger partial charge is 0.361 e. The van der Waals surface area contributed by atoms with Crippen LogP contribution in [0.5, 0.6) is 0 Å². The fourth-order valence-electron chi connectivity index (χ4n) is 4.97. The van der Waals surface area contributed by atoms with Gasteiger partial charge in [-0.05, 0) is 54.4 Å². The van der Waals surface area contributed by atoms with E-state index in [-0.39, 0.29) is 23.3 Å². The van der Waals surface area contributed by atoms with E-state index in [1.54, 1.807) is 6.07 Å². The van der Waals surface area contributed by atoms with Crippen molar-refractivity contribution in [2.45, 2.75) is 37.3 Å². The number of benzene rings is 2. The van der Waals surface area contributed by atoms with Gasteiger partial charge in [0.2, 0.25) is 5.91 Å². The molecule has 6 heteroatoms. The molecule has 156 valence electrons. The largest absolute Gasteiger partial charge is 0.416 e. The predicted molar refractivity (Wildman–Crippen MR) is 109 cm³/mol. The quantitative estimate of drug-likeness (QED) is 0.589. The van der Waals surface area contributed by atoms with E-state index >= 15 is 0 Å². The maximum absolute atomic E-state index is 13.3. The van der Waals surface area contributed by atoms with Gasteiger partial charge in [0.05, 0.1) is 5.56 Å². The Labute approximate surface area is 172 Å². The van der Waals surface area contributed by atoms with Crippen LogP contribution in [0, 0.1) is 5.92 Å². The minimum absolute atomic E-state index is 0.00866. The fourth-order valence-corrected chi connectivity index (χ4v) is 4.97. The molecule has 2 unspecified atom stereocenters. The van der Waals surface area contributed by atoms with Crippen molar-refractivity contribution in [3.8, 4) is 0 Å². The van der Waals surface area contributed by atoms with E-state index in [0.29, 0.717) is 25.4 Å². The number of hydrogen-bond acceptors (Lipinski definition) is 1. The lowest BCUT2D eigenvalue weighted by atomic mass is 9.89. The number of alkyl halides is 3. The minimum atomic E-state index is -4.38. The first-order valence-electron chi connectivity index (χ1n) is 10.4. The van der Waals surface area contributed by atoms with E-state index < -0.39 is 11.7 Å². The molecule has 1 saturated heterocycles. The van der Waals surface area contributed by atoms with Crippen LogP contribution in [-0.4, -0.2) is 28.9 Å². The third-order valence-electron chi connectivity index (χ3n) is 6.64. The molecule has 3 nitrogen and oxygen atoms in total. The van der Waals surface area contributed by atoms with Crippen molar-refractivity contribution >= 4 is 16.8 Å². The van der Waals surface area contributed by atoms with Gasteiger partial charge in [-0.15, -0.1) is 0 Å². The third-order valence-corrected chi connectivity index (χ3v) is 6.64. The van der Waals surface area contributed by atoms with E-state index in [4.69, 9.17) is 0 Å². The van der Waals surface area contributed by atoms with Gasteiger partial charge in [0.1, 0.15) is 0 Å². The SMILES string of the molecule is O=C(C1CC1c1ccccc1C(F)(F)F)N1CCC(c2c[nH]c3ccccc23)CC1. The summed E-state index contributed by atoms with van der Waals surface area (Å²) >= 11 is 0. The first-order valence-corrected chi connectivity index (χ1v) is 10.4. The maximum Gasteiger partial charge on any atom is 0.416 e. The monoisotopic (exact) mass is 412 g/mol. The maximum atomic E-state index is 13.3. The van der Waals surface area contributed by atoms with Crippen LogP contribution in [0.1, 0.15) is 47.8 Å². The summed E-state index contributed by atoms with van der Waals surface area (Å²) in [7, 11) is 0. The highest BCUT2D eigenvalue weighted by Crippen LogP contribution is 2.52. The molecule has 30 heavy (non-hydrogen) atoms. The average Bonchev–Trinajstić information content (AvgIpc) is 3.44. The van der Waals surface area contributed by atoms with Crippen molar-refractivity contribution in [3.05, 3.63) is 71.4 Å². The Morgan fingerprint density at radius 2 is 1.67 bits per heavy atom. The Kier molecular flexibility index (Phi) is 4.60. The molecule has 1 aliphatic carbocycles. The highest BCUT2D eigenvalue weighted by atomic mass is 19.4. The van der Waals surface area contributed by atoms with E-state index in [9.17, 15) is 18.0 Å². The molecule has 2 atom stereocenters. The topological polar surface area (TPSA) is 36.1 Å². The van der Waals surface area contributed by atoms with Crippen molar-refractivity contribution in [1.82, 2.24) is 9.88 Å². The molecular weight excluding hydrogens is 389 g/mol. The van der Waals surface area contributed by atoms with Gasteiger partial charge in [-0.2, -0.15) is 13.2 Å². The molecule has 0 bridgehead atoms. The molecule has 1 saturated carbocycles. The summed E-state index contributed by atoms with van der Waals surface area (Å²) in [4.78, 5) is 18.1. The van der Waals surface area contributed by atoms with Crippen LogP contribution in [0.2, 0.25) is 0 Å². The fraction of sp³-hybridized carbons (Fsp3) is 0.375. The zero-order valence-corrected chi connectivity index (χ0v) is 16.5. The van der Waals surface area contributed by atoms with Crippen molar-refractivity contribution < 1.29 is 18.0 Å². The summed E-state index contributed by atoms with van der Waals surface area (Å²) < 4.78 is 39.9. The molecule has 1 N–H and O–H groups in total. The summed E-state index contributed by atoms with van der Waals surface area (Å²) in [5, 5.41) is 1.23. The number of carbonyl (C=O) groups is 1. The second-order valence-electron chi connectivity index (χ2n) is 8.42. The van der Waals surface area contributed by atoms with E-state index in [2.05, 4.69) is 23.3 Å². The number of aromatic nitrogens is 1. The number of halogens is 3. The van der Waals surface area contributed by atoms with Crippen LogP contribution in [0.3, 0.4) is 0 Å². The van der Waals surface area contributed by atoms with E-state index in [1.165, 1.54) is 23.1 Å². The molecule has 5 rings (SSSR count). The molecule has 1 aromatic heterocycles. The lowest BCUT2D eigenvalue weighted by Gasteiger charge is -2.32. The zero-order valence-electron chi connectivity index (χ0n) is 16.5. The minimum Gasteiger partial charge on any atom is -0.361 e. The normalized spacial score (nSPS) is 22.4. The van der Waals surface area contributed by atoms with Gasteiger partial charge >= 0.3 is 6.18 Å². The molecule has 3 aromatic rings. The highest BCUT2D eigenvalue weighted by Gasteiger charge is 2.49. The number of nitrogens with one attached hydrogen (secondary N) is 1. The molecule has 0 spiro atoms. The number of H-pyrrole nitrogens is 1. The Morgan fingerprint density at radius 1 is 0.967 bits per heavy atom. The molecule has 2 fully saturated rings. The van der Waals surface area contributed by atoms with E-state index in [1.807, 2.05) is 17.0 Å². The Hall–Kier alpha value is -2.76. The number of piperidine rings is 1. The average molecular weight is 412 g/mol. The van der Waals surface area contributed by atoms with Gasteiger partial charge in [0.15, 0.2) is 0 Å². The van der Waals surface area contributed by atoms with Crippen LogP contribution in [-0.2, 0) is 11.0 Å². The summed E-state index contributed by atoms with van der Waals surface area (Å²) in [5.74, 6) is -0.236. The van der Waals surface area contributed by atoms with Crippen LogP contribution in [0.4, 0.5) is 13.2 Å². The molecule has 2 aromatic carbocycles. The van der Waals surface area contributed by atoms with Crippen molar-refractivity contribution in [2.24, 2.45) is 5.92 Å². The zero-order chi connectivity index (χ0) is 20.9. The predicted octanol–water partition coefficient (Wildman–Crippen LogP) is 5.70. The molecule has 1 amide bonds. The van der Waals surface area contributed by atoms with Crippen LogP contribution < -0.4 is 0 Å². The highest BCUT2D eigenvalue weighted by molar-refractivity contribution is 5.84. The number of para-hydroxylation sites is 1. The number of nitrogens with zero attached hydrogens (tertiary/aromatic N) is 1. The number of likely N-dealkylation sites (tertiary alicyclic amines) is 1. The lowest BCUT2D eigenvalue weighted by molar-refractivity contribution is -0.139. The molecule has 2 aliphatic rings. The second-order valence-corrected chi connectivity index (χ2v) is 8.42. The molecule has 0 radical (unpaired) electrons. The lowest BCUT2D eigenvalue weighted by Crippen LogP contribution is -2.39. The van der Waals surface area contributed by atoms with Crippen LogP contribution in [0.25, 0.3) is 10.9 Å². The first kappa shape index (κ1) is 19.2. The Morgan fingerprint density at radius 3 is 2.43 bits per heavy atom. The molecular formula is C24H23F3N2O. The molecule has 2 heterocycles. The van der Waals surface area contributed by atoms with Gasteiger partial charge in [-0.3, -0.25) is 4.79 Å². The number of aromatic amines is 1. The number of amides is 1. The van der Waals surface area contributed by atoms with Gasteiger partial charge < -0.3 is 9.88 Å². The second kappa shape index (κ2) is 7.18. The van der Waals surface area contributed by atoms with Crippen LogP contribution in [0.15, 0.2) is 54.7 Å². The molecule has 1 aliphatic heterocycles. The summed E-state index contributed by atoms with van der Waals surface area (Å²) in [6.45, 7) is 1.32. The van der Waals surface area contributed by atoms with Gasteiger partial charge in [-0.25, -0.2) is 0 Å². The summed E-state index contributed by atoms with van der Waals surface area (Å²) in [6, 6.07) is 13.9. The number of carbonyl (C=O) groups excluding carboxylic acids is 1. The van der Waals surface area contributed by atoms with Crippen molar-refractivity contribution in [3.63, 3.8) is 0 Å². The Balaban J connectivity index is 1.25. The van der Waals surface area contributed by atoms with Crippen LogP contribution >= 0.6 is 0 Å².